The van der Waals surface area contributed by atoms with Crippen molar-refractivity contribution in [1.29, 1.82) is 0 Å². The van der Waals surface area contributed by atoms with Gasteiger partial charge in [0.1, 0.15) is 17.7 Å². The van der Waals surface area contributed by atoms with E-state index in [0.29, 0.717) is 36.5 Å². The Morgan fingerprint density at radius 2 is 1.91 bits per heavy atom. The molecule has 10 heteroatoms. The van der Waals surface area contributed by atoms with Gasteiger partial charge in [0.2, 0.25) is 5.95 Å². The predicted octanol–water partition coefficient (Wildman–Crippen LogP) is 3.99. The Morgan fingerprint density at radius 3 is 2.76 bits per heavy atom. The van der Waals surface area contributed by atoms with Crippen LogP contribution < -0.4 is 10.4 Å². The zero-order valence-corrected chi connectivity index (χ0v) is 18.3. The summed E-state index contributed by atoms with van der Waals surface area (Å²) in [6, 6.07) is 8.89. The van der Waals surface area contributed by atoms with Crippen LogP contribution in [0.15, 0.2) is 53.7 Å². The van der Waals surface area contributed by atoms with E-state index in [2.05, 4.69) is 9.97 Å². The largest absolute Gasteiger partial charge is 0.490 e. The van der Waals surface area contributed by atoms with Gasteiger partial charge in [-0.05, 0) is 30.7 Å². The van der Waals surface area contributed by atoms with Crippen LogP contribution >= 0.6 is 0 Å². The summed E-state index contributed by atoms with van der Waals surface area (Å²) >= 11 is 0. The highest BCUT2D eigenvalue weighted by atomic mass is 19.1. The summed E-state index contributed by atoms with van der Waals surface area (Å²) in [7, 11) is 0. The Hall–Kier alpha value is -4.08. The molecule has 0 saturated heterocycles. The van der Waals surface area contributed by atoms with E-state index >= 15 is 0 Å². The van der Waals surface area contributed by atoms with E-state index in [-0.39, 0.29) is 23.6 Å². The molecule has 1 aliphatic rings. The Bertz CT molecular complexity index is 1620. The summed E-state index contributed by atoms with van der Waals surface area (Å²) in [5.74, 6) is -1.11. The minimum Gasteiger partial charge on any atom is -0.490 e. The van der Waals surface area contributed by atoms with Crippen molar-refractivity contribution in [2.24, 2.45) is 0 Å². The molecule has 0 fully saturated rings. The monoisotopic (exact) mass is 462 g/mol. The standard InChI is InChI=1S/C24H20F2N6O2/c1-2-10-30-19-12-27-23(31-13-28-16-5-3-4-6-17(16)31)29-22(19)32(24(30)33)18-9-11-34-21-15(26)8-7-14(25)20(18)21/h3-8,12-13,18H,2,9-11H2,1H3. The van der Waals surface area contributed by atoms with E-state index in [1.807, 2.05) is 31.2 Å². The van der Waals surface area contributed by atoms with Crippen molar-refractivity contribution in [3.63, 3.8) is 0 Å². The number of aryl methyl sites for hydroxylation is 1. The number of hydrogen-bond acceptors (Lipinski definition) is 5. The van der Waals surface area contributed by atoms with Gasteiger partial charge in [-0.25, -0.2) is 23.5 Å². The van der Waals surface area contributed by atoms with Crippen LogP contribution in [-0.4, -0.2) is 35.3 Å². The number of para-hydroxylation sites is 2. The summed E-state index contributed by atoms with van der Waals surface area (Å²) in [5, 5.41) is 0. The van der Waals surface area contributed by atoms with Crippen molar-refractivity contribution < 1.29 is 13.5 Å². The number of rotatable bonds is 4. The molecule has 3 aromatic heterocycles. The van der Waals surface area contributed by atoms with Crippen molar-refractivity contribution in [2.45, 2.75) is 32.4 Å². The van der Waals surface area contributed by atoms with E-state index in [0.717, 1.165) is 23.2 Å². The minimum atomic E-state index is -0.769. The van der Waals surface area contributed by atoms with Crippen LogP contribution in [0.4, 0.5) is 8.78 Å². The second-order valence-electron chi connectivity index (χ2n) is 8.21. The molecule has 0 saturated carbocycles. The maximum absolute atomic E-state index is 14.9. The molecule has 2 aromatic carbocycles. The number of halogens is 2. The fraction of sp³-hybridized carbons (Fsp3) is 0.250. The number of nitrogens with zero attached hydrogens (tertiary/aromatic N) is 6. The van der Waals surface area contributed by atoms with Crippen molar-refractivity contribution >= 4 is 22.2 Å². The molecule has 5 aromatic rings. The minimum absolute atomic E-state index is 0.0251. The van der Waals surface area contributed by atoms with Crippen LogP contribution in [0.25, 0.3) is 28.1 Å². The van der Waals surface area contributed by atoms with Gasteiger partial charge in [0.25, 0.3) is 0 Å². The molecular weight excluding hydrogens is 442 g/mol. The molecule has 1 atom stereocenters. The number of ether oxygens (including phenoxy) is 1. The van der Waals surface area contributed by atoms with Gasteiger partial charge in [0.05, 0.1) is 35.4 Å². The second kappa shape index (κ2) is 7.75. The summed E-state index contributed by atoms with van der Waals surface area (Å²) < 4.78 is 39.6. The Morgan fingerprint density at radius 1 is 1.09 bits per heavy atom. The highest BCUT2D eigenvalue weighted by Crippen LogP contribution is 2.39. The fourth-order valence-electron chi connectivity index (χ4n) is 4.69. The number of aromatic nitrogens is 6. The lowest BCUT2D eigenvalue weighted by molar-refractivity contribution is 0.238. The number of fused-ring (bicyclic) bond motifs is 3. The van der Waals surface area contributed by atoms with Gasteiger partial charge >= 0.3 is 5.69 Å². The first-order valence-corrected chi connectivity index (χ1v) is 11.1. The second-order valence-corrected chi connectivity index (χ2v) is 8.21. The summed E-state index contributed by atoms with van der Waals surface area (Å²) in [6.45, 7) is 2.55. The third-order valence-corrected chi connectivity index (χ3v) is 6.19. The lowest BCUT2D eigenvalue weighted by Crippen LogP contribution is -2.32. The normalized spacial score (nSPS) is 15.6. The smallest absolute Gasteiger partial charge is 0.330 e. The number of hydrogen-bond donors (Lipinski definition) is 0. The topological polar surface area (TPSA) is 79.8 Å². The predicted molar refractivity (Wildman–Crippen MR) is 121 cm³/mol. The average molecular weight is 462 g/mol. The average Bonchev–Trinajstić information content (AvgIpc) is 3.40. The first kappa shape index (κ1) is 20.5. The fourth-order valence-corrected chi connectivity index (χ4v) is 4.69. The van der Waals surface area contributed by atoms with E-state index in [1.165, 1.54) is 4.57 Å². The van der Waals surface area contributed by atoms with Crippen LogP contribution in [0.2, 0.25) is 0 Å². The molecule has 0 bridgehead atoms. The molecule has 6 rings (SSSR count). The van der Waals surface area contributed by atoms with Gasteiger partial charge in [0.15, 0.2) is 17.2 Å². The molecule has 0 amide bonds. The van der Waals surface area contributed by atoms with Crippen LogP contribution in [-0.2, 0) is 6.54 Å². The maximum Gasteiger partial charge on any atom is 0.330 e. The van der Waals surface area contributed by atoms with Crippen LogP contribution in [0, 0.1) is 11.6 Å². The van der Waals surface area contributed by atoms with Gasteiger partial charge in [-0.15, -0.1) is 0 Å². The first-order valence-electron chi connectivity index (χ1n) is 11.1. The molecular formula is C24H20F2N6O2. The van der Waals surface area contributed by atoms with Crippen molar-refractivity contribution in [1.82, 2.24) is 28.7 Å². The molecule has 0 N–H and O–H groups in total. The maximum atomic E-state index is 14.9. The van der Waals surface area contributed by atoms with Gasteiger partial charge in [0, 0.05) is 13.0 Å². The van der Waals surface area contributed by atoms with Crippen LogP contribution in [0.5, 0.6) is 5.75 Å². The number of benzene rings is 2. The van der Waals surface area contributed by atoms with Crippen molar-refractivity contribution in [3.05, 3.63) is 76.6 Å². The van der Waals surface area contributed by atoms with Crippen LogP contribution in [0.3, 0.4) is 0 Å². The van der Waals surface area contributed by atoms with E-state index in [9.17, 15) is 13.6 Å². The summed E-state index contributed by atoms with van der Waals surface area (Å²) in [5.41, 5.74) is 2.15. The SMILES string of the molecule is CCCn1c(=O)n(C2CCOc3c(F)ccc(F)c32)c2nc(-n3cnc4ccccc43)ncc21. The highest BCUT2D eigenvalue weighted by molar-refractivity contribution is 5.77. The van der Waals surface area contributed by atoms with Gasteiger partial charge in [-0.1, -0.05) is 19.1 Å². The van der Waals surface area contributed by atoms with Gasteiger partial charge in [-0.3, -0.25) is 13.7 Å². The van der Waals surface area contributed by atoms with E-state index in [4.69, 9.17) is 9.72 Å². The summed E-state index contributed by atoms with van der Waals surface area (Å²) in [4.78, 5) is 27.2. The number of imidazole rings is 2. The van der Waals surface area contributed by atoms with Crippen molar-refractivity contribution in [3.8, 4) is 11.7 Å². The van der Waals surface area contributed by atoms with Crippen LogP contribution in [0.1, 0.15) is 31.4 Å². The van der Waals surface area contributed by atoms with E-state index in [1.54, 1.807) is 21.7 Å². The molecule has 0 radical (unpaired) electrons. The van der Waals surface area contributed by atoms with Gasteiger partial charge < -0.3 is 4.74 Å². The molecule has 34 heavy (non-hydrogen) atoms. The highest BCUT2D eigenvalue weighted by Gasteiger charge is 2.33. The molecule has 8 nitrogen and oxygen atoms in total. The molecule has 1 unspecified atom stereocenters. The third-order valence-electron chi connectivity index (χ3n) is 6.19. The summed E-state index contributed by atoms with van der Waals surface area (Å²) in [6.07, 6.45) is 4.23. The molecule has 1 aliphatic heterocycles. The first-order chi connectivity index (χ1) is 16.6. The molecule has 0 aliphatic carbocycles. The molecule has 172 valence electrons. The quantitative estimate of drug-likeness (QED) is 0.404. The third kappa shape index (κ3) is 2.94. The Kier molecular flexibility index (Phi) is 4.68. The zero-order valence-electron chi connectivity index (χ0n) is 18.3. The Balaban J connectivity index is 1.62. The van der Waals surface area contributed by atoms with Crippen molar-refractivity contribution in [2.75, 3.05) is 6.61 Å². The zero-order chi connectivity index (χ0) is 23.4. The lowest BCUT2D eigenvalue weighted by atomic mass is 9.99. The molecule has 0 spiro atoms. The molecule has 4 heterocycles. The lowest BCUT2D eigenvalue weighted by Gasteiger charge is -2.27. The van der Waals surface area contributed by atoms with E-state index < -0.39 is 17.7 Å². The van der Waals surface area contributed by atoms with Gasteiger partial charge in [-0.2, -0.15) is 4.98 Å². The Labute approximate surface area is 192 Å².